The fourth-order valence-corrected chi connectivity index (χ4v) is 1.09. The molecule has 0 spiro atoms. The van der Waals surface area contributed by atoms with Gasteiger partial charge in [-0.1, -0.05) is 19.1 Å². The van der Waals surface area contributed by atoms with E-state index < -0.39 is 11.7 Å². The second kappa shape index (κ2) is 3.75. The van der Waals surface area contributed by atoms with Crippen LogP contribution in [0.1, 0.15) is 20.3 Å². The minimum atomic E-state index is -1.08. The molecule has 3 nitrogen and oxygen atoms in total. The van der Waals surface area contributed by atoms with Crippen LogP contribution < -0.4 is 0 Å². The lowest BCUT2D eigenvalue weighted by molar-refractivity contribution is -0.154. The van der Waals surface area contributed by atoms with Crippen molar-refractivity contribution in [1.29, 1.82) is 0 Å². The molecule has 0 aliphatic heterocycles. The Morgan fingerprint density at radius 2 is 2.31 bits per heavy atom. The lowest BCUT2D eigenvalue weighted by Crippen LogP contribution is -2.40. The molecule has 0 aromatic carbocycles. The molecule has 0 saturated heterocycles. The van der Waals surface area contributed by atoms with E-state index in [1.54, 1.807) is 38.2 Å². The molecular formula is C10H14O3. The van der Waals surface area contributed by atoms with Crippen LogP contribution in [0.3, 0.4) is 0 Å². The third-order valence-corrected chi connectivity index (χ3v) is 1.95. The third-order valence-electron chi connectivity index (χ3n) is 1.95. The monoisotopic (exact) mass is 182 g/mol. The van der Waals surface area contributed by atoms with Gasteiger partial charge in [-0.2, -0.15) is 0 Å². The van der Waals surface area contributed by atoms with Crippen LogP contribution in [0.2, 0.25) is 0 Å². The first-order valence-electron chi connectivity index (χ1n) is 4.34. The van der Waals surface area contributed by atoms with Crippen LogP contribution in [0.4, 0.5) is 0 Å². The van der Waals surface area contributed by atoms with Gasteiger partial charge < -0.3 is 9.84 Å². The van der Waals surface area contributed by atoms with E-state index in [2.05, 4.69) is 0 Å². The molecule has 1 aliphatic carbocycles. The average molecular weight is 182 g/mol. The molecular weight excluding hydrogens is 168 g/mol. The highest BCUT2D eigenvalue weighted by Crippen LogP contribution is 2.20. The number of hydrogen-bond donors (Lipinski definition) is 1. The summed E-state index contributed by atoms with van der Waals surface area (Å²) < 4.78 is 5.03. The van der Waals surface area contributed by atoms with Gasteiger partial charge in [-0.15, -0.1) is 0 Å². The second-order valence-corrected chi connectivity index (χ2v) is 3.23. The molecule has 0 fully saturated rings. The van der Waals surface area contributed by atoms with Gasteiger partial charge in [-0.25, -0.2) is 0 Å². The zero-order valence-corrected chi connectivity index (χ0v) is 7.86. The van der Waals surface area contributed by atoms with Crippen molar-refractivity contribution in [3.63, 3.8) is 0 Å². The molecule has 0 radical (unpaired) electrons. The van der Waals surface area contributed by atoms with E-state index in [0.29, 0.717) is 6.42 Å². The Bertz CT molecular complexity index is 251. The number of hydrogen-bond acceptors (Lipinski definition) is 3. The predicted molar refractivity (Wildman–Crippen MR) is 49.1 cm³/mol. The lowest BCUT2D eigenvalue weighted by Gasteiger charge is -2.29. The van der Waals surface area contributed by atoms with Crippen LogP contribution in [0.25, 0.3) is 0 Å². The largest absolute Gasteiger partial charge is 0.455 e. The standard InChI is InChI=1S/C10H14O3/c1-3-9(11)13-8-6-4-5-7-10(8,2)12/h4-8,12H,3H2,1-2H3. The summed E-state index contributed by atoms with van der Waals surface area (Å²) in [5.41, 5.74) is -1.08. The molecule has 72 valence electrons. The van der Waals surface area contributed by atoms with Gasteiger partial charge in [0.05, 0.1) is 0 Å². The first-order chi connectivity index (χ1) is 6.06. The van der Waals surface area contributed by atoms with Crippen LogP contribution in [0.15, 0.2) is 24.3 Å². The first-order valence-corrected chi connectivity index (χ1v) is 4.34. The van der Waals surface area contributed by atoms with E-state index in [1.165, 1.54) is 0 Å². The number of carbonyl (C=O) groups excluding carboxylic acids is 1. The van der Waals surface area contributed by atoms with Gasteiger partial charge in [0.15, 0.2) is 6.10 Å². The van der Waals surface area contributed by atoms with Crippen LogP contribution in [-0.4, -0.2) is 22.8 Å². The first kappa shape index (κ1) is 9.99. The summed E-state index contributed by atoms with van der Waals surface area (Å²) in [6.07, 6.45) is 6.53. The molecule has 1 N–H and O–H groups in total. The van der Waals surface area contributed by atoms with E-state index in [-0.39, 0.29) is 5.97 Å². The fourth-order valence-electron chi connectivity index (χ4n) is 1.09. The van der Waals surface area contributed by atoms with Crippen LogP contribution in [0, 0.1) is 0 Å². The molecule has 2 atom stereocenters. The molecule has 0 aromatic heterocycles. The molecule has 1 aliphatic rings. The quantitative estimate of drug-likeness (QED) is 0.652. The molecule has 3 heteroatoms. The van der Waals surface area contributed by atoms with E-state index in [9.17, 15) is 9.90 Å². The van der Waals surface area contributed by atoms with Gasteiger partial charge in [0.2, 0.25) is 0 Å². The second-order valence-electron chi connectivity index (χ2n) is 3.23. The minimum absolute atomic E-state index is 0.301. The van der Waals surface area contributed by atoms with Crippen LogP contribution in [-0.2, 0) is 9.53 Å². The van der Waals surface area contributed by atoms with Crippen molar-refractivity contribution in [2.24, 2.45) is 0 Å². The summed E-state index contributed by atoms with van der Waals surface area (Å²) in [6, 6.07) is 0. The highest BCUT2D eigenvalue weighted by atomic mass is 16.6. The van der Waals surface area contributed by atoms with Crippen molar-refractivity contribution in [1.82, 2.24) is 0 Å². The fraction of sp³-hybridized carbons (Fsp3) is 0.500. The Morgan fingerprint density at radius 3 is 2.85 bits per heavy atom. The smallest absolute Gasteiger partial charge is 0.306 e. The molecule has 2 unspecified atom stereocenters. The van der Waals surface area contributed by atoms with Crippen molar-refractivity contribution < 1.29 is 14.6 Å². The highest BCUT2D eigenvalue weighted by molar-refractivity contribution is 5.69. The summed E-state index contributed by atoms with van der Waals surface area (Å²) in [4.78, 5) is 11.0. The normalized spacial score (nSPS) is 31.8. The van der Waals surface area contributed by atoms with Gasteiger partial charge in [-0.3, -0.25) is 4.79 Å². The molecule has 13 heavy (non-hydrogen) atoms. The number of allylic oxidation sites excluding steroid dienone is 2. The lowest BCUT2D eigenvalue weighted by atomic mass is 9.94. The number of esters is 1. The number of rotatable bonds is 2. The summed E-state index contributed by atoms with van der Waals surface area (Å²) in [5.74, 6) is -0.301. The maximum Gasteiger partial charge on any atom is 0.306 e. The zero-order chi connectivity index (χ0) is 9.90. The van der Waals surface area contributed by atoms with Gasteiger partial charge in [0, 0.05) is 6.42 Å². The van der Waals surface area contributed by atoms with E-state index >= 15 is 0 Å². The summed E-state index contributed by atoms with van der Waals surface area (Å²) in [6.45, 7) is 3.33. The molecule has 0 aromatic rings. The summed E-state index contributed by atoms with van der Waals surface area (Å²) in [5, 5.41) is 9.76. The van der Waals surface area contributed by atoms with Crippen molar-refractivity contribution in [3.8, 4) is 0 Å². The molecule has 0 saturated carbocycles. The Labute approximate surface area is 77.7 Å². The van der Waals surface area contributed by atoms with Gasteiger partial charge >= 0.3 is 5.97 Å². The Kier molecular flexibility index (Phi) is 2.88. The summed E-state index contributed by atoms with van der Waals surface area (Å²) in [7, 11) is 0. The topological polar surface area (TPSA) is 46.5 Å². The maximum absolute atomic E-state index is 11.0. The molecule has 1 rings (SSSR count). The minimum Gasteiger partial charge on any atom is -0.455 e. The highest BCUT2D eigenvalue weighted by Gasteiger charge is 2.31. The zero-order valence-electron chi connectivity index (χ0n) is 7.86. The average Bonchev–Trinajstić information content (AvgIpc) is 2.08. The Balaban J connectivity index is 2.64. The maximum atomic E-state index is 11.0. The predicted octanol–water partition coefficient (Wildman–Crippen LogP) is 1.19. The number of ether oxygens (including phenoxy) is 1. The van der Waals surface area contributed by atoms with Crippen molar-refractivity contribution in [2.75, 3.05) is 0 Å². The summed E-state index contributed by atoms with van der Waals surface area (Å²) >= 11 is 0. The molecule has 0 amide bonds. The van der Waals surface area contributed by atoms with E-state index in [4.69, 9.17) is 4.74 Å². The van der Waals surface area contributed by atoms with Gasteiger partial charge in [0.25, 0.3) is 0 Å². The Hall–Kier alpha value is -1.09. The Morgan fingerprint density at radius 1 is 1.62 bits per heavy atom. The molecule has 0 heterocycles. The van der Waals surface area contributed by atoms with Gasteiger partial charge in [-0.05, 0) is 19.1 Å². The van der Waals surface area contributed by atoms with Crippen molar-refractivity contribution in [3.05, 3.63) is 24.3 Å². The number of carbonyl (C=O) groups is 1. The third kappa shape index (κ3) is 2.42. The van der Waals surface area contributed by atoms with Crippen LogP contribution >= 0.6 is 0 Å². The van der Waals surface area contributed by atoms with Gasteiger partial charge in [0.1, 0.15) is 5.60 Å². The van der Waals surface area contributed by atoms with Crippen molar-refractivity contribution >= 4 is 5.97 Å². The molecule has 0 bridgehead atoms. The van der Waals surface area contributed by atoms with E-state index in [1.807, 2.05) is 0 Å². The SMILES string of the molecule is CCC(=O)OC1C=CC=CC1(C)O. The number of aliphatic hydroxyl groups is 1. The van der Waals surface area contributed by atoms with Crippen LogP contribution in [0.5, 0.6) is 0 Å². The van der Waals surface area contributed by atoms with E-state index in [0.717, 1.165) is 0 Å². The van der Waals surface area contributed by atoms with Crippen molar-refractivity contribution in [2.45, 2.75) is 32.0 Å².